The second-order valence-corrected chi connectivity index (χ2v) is 3.09. The zero-order valence-electron chi connectivity index (χ0n) is 8.75. The molecule has 3 heteroatoms. The summed E-state index contributed by atoms with van der Waals surface area (Å²) in [6.07, 6.45) is 2.98. The molecule has 1 atom stereocenters. The Hall–Kier alpha value is -0.830. The van der Waals surface area contributed by atoms with Gasteiger partial charge in [0.2, 0.25) is 0 Å². The summed E-state index contributed by atoms with van der Waals surface area (Å²) in [5.74, 6) is 0. The van der Waals surface area contributed by atoms with Gasteiger partial charge in [-0.05, 0) is 26.0 Å². The van der Waals surface area contributed by atoms with Gasteiger partial charge in [-0.1, -0.05) is 13.8 Å². The molecular weight excluding hydrogens is 162 g/mol. The first-order valence-electron chi connectivity index (χ1n) is 5.08. The summed E-state index contributed by atoms with van der Waals surface area (Å²) < 4.78 is 2.05. The van der Waals surface area contributed by atoms with Crippen LogP contribution in [0.5, 0.6) is 0 Å². The molecule has 0 aliphatic carbocycles. The zero-order valence-corrected chi connectivity index (χ0v) is 8.75. The molecule has 0 bridgehead atoms. The van der Waals surface area contributed by atoms with Gasteiger partial charge in [0.05, 0.1) is 5.69 Å². The van der Waals surface area contributed by atoms with Gasteiger partial charge >= 0.3 is 0 Å². The van der Waals surface area contributed by atoms with Crippen molar-refractivity contribution in [3.63, 3.8) is 0 Å². The molecule has 74 valence electrons. The Labute approximate surface area is 80.1 Å². The lowest BCUT2D eigenvalue weighted by atomic mass is 10.1. The van der Waals surface area contributed by atoms with Crippen molar-refractivity contribution in [3.05, 3.63) is 18.0 Å². The fraction of sp³-hybridized carbons (Fsp3) is 0.700. The Balaban J connectivity index is 2.77. The lowest BCUT2D eigenvalue weighted by Gasteiger charge is -2.16. The zero-order chi connectivity index (χ0) is 9.68. The molecule has 0 amide bonds. The van der Waals surface area contributed by atoms with Gasteiger partial charge in [-0.3, -0.25) is 4.68 Å². The first kappa shape index (κ1) is 10.3. The highest BCUT2D eigenvalue weighted by atomic mass is 15.3. The molecule has 0 saturated heterocycles. The van der Waals surface area contributed by atoms with Gasteiger partial charge in [0.25, 0.3) is 0 Å². The van der Waals surface area contributed by atoms with Crippen LogP contribution in [0.25, 0.3) is 0 Å². The van der Waals surface area contributed by atoms with Crippen molar-refractivity contribution in [2.45, 2.75) is 39.8 Å². The van der Waals surface area contributed by atoms with Gasteiger partial charge in [0, 0.05) is 18.8 Å². The third kappa shape index (κ3) is 2.31. The van der Waals surface area contributed by atoms with Crippen LogP contribution in [0.4, 0.5) is 0 Å². The van der Waals surface area contributed by atoms with Gasteiger partial charge in [0.15, 0.2) is 0 Å². The molecule has 1 N–H and O–H groups in total. The summed E-state index contributed by atoms with van der Waals surface area (Å²) in [6.45, 7) is 8.41. The van der Waals surface area contributed by atoms with Crippen molar-refractivity contribution < 1.29 is 0 Å². The lowest BCUT2D eigenvalue weighted by Crippen LogP contribution is -2.23. The van der Waals surface area contributed by atoms with Gasteiger partial charge < -0.3 is 5.32 Å². The molecule has 3 nitrogen and oxygen atoms in total. The van der Waals surface area contributed by atoms with Gasteiger partial charge in [0.1, 0.15) is 0 Å². The van der Waals surface area contributed by atoms with E-state index in [2.05, 4.69) is 41.9 Å². The van der Waals surface area contributed by atoms with E-state index in [1.165, 1.54) is 5.69 Å². The monoisotopic (exact) mass is 181 g/mol. The molecule has 1 heterocycles. The summed E-state index contributed by atoms with van der Waals surface area (Å²) in [5.41, 5.74) is 1.30. The number of nitrogens with zero attached hydrogens (tertiary/aromatic N) is 2. The third-order valence-corrected chi connectivity index (χ3v) is 2.26. The van der Waals surface area contributed by atoms with Crippen molar-refractivity contribution in [2.24, 2.45) is 0 Å². The Kier molecular flexibility index (Phi) is 3.96. The van der Waals surface area contributed by atoms with Crippen LogP contribution < -0.4 is 5.32 Å². The molecule has 0 saturated carbocycles. The number of hydrogen-bond acceptors (Lipinski definition) is 2. The molecule has 13 heavy (non-hydrogen) atoms. The fourth-order valence-corrected chi connectivity index (χ4v) is 1.61. The van der Waals surface area contributed by atoms with E-state index in [4.69, 9.17) is 0 Å². The van der Waals surface area contributed by atoms with E-state index in [-0.39, 0.29) is 0 Å². The molecule has 0 aliphatic rings. The highest BCUT2D eigenvalue weighted by molar-refractivity contribution is 5.06. The molecule has 0 aliphatic heterocycles. The van der Waals surface area contributed by atoms with Crippen LogP contribution in [0.2, 0.25) is 0 Å². The lowest BCUT2D eigenvalue weighted by molar-refractivity contribution is 0.482. The summed E-state index contributed by atoms with van der Waals surface area (Å²) in [6, 6.07) is 2.55. The van der Waals surface area contributed by atoms with Crippen molar-refractivity contribution in [2.75, 3.05) is 6.54 Å². The third-order valence-electron chi connectivity index (χ3n) is 2.26. The van der Waals surface area contributed by atoms with Crippen LogP contribution in [0, 0.1) is 0 Å². The summed E-state index contributed by atoms with van der Waals surface area (Å²) in [7, 11) is 0. The maximum absolute atomic E-state index is 4.26. The fourth-order valence-electron chi connectivity index (χ4n) is 1.61. The van der Waals surface area contributed by atoms with E-state index in [0.717, 1.165) is 19.5 Å². The SMILES string of the molecule is CCNC(CC)c1ccnn1CC. The topological polar surface area (TPSA) is 29.9 Å². The van der Waals surface area contributed by atoms with E-state index in [1.807, 2.05) is 6.20 Å². The van der Waals surface area contributed by atoms with Crippen LogP contribution in [0.1, 0.15) is 38.9 Å². The minimum atomic E-state index is 0.451. The molecule has 1 aromatic rings. The van der Waals surface area contributed by atoms with E-state index in [1.54, 1.807) is 0 Å². The smallest absolute Gasteiger partial charge is 0.0553 e. The van der Waals surface area contributed by atoms with Gasteiger partial charge in [-0.2, -0.15) is 5.10 Å². The predicted octanol–water partition coefficient (Wildman–Crippen LogP) is 1.96. The average molecular weight is 181 g/mol. The average Bonchev–Trinajstić information content (AvgIpc) is 2.61. The predicted molar refractivity (Wildman–Crippen MR) is 54.6 cm³/mol. The number of rotatable bonds is 5. The van der Waals surface area contributed by atoms with Crippen LogP contribution in [0.15, 0.2) is 12.3 Å². The molecule has 0 fully saturated rings. The minimum Gasteiger partial charge on any atom is -0.309 e. The Morgan fingerprint density at radius 2 is 2.23 bits per heavy atom. The number of hydrogen-bond donors (Lipinski definition) is 1. The Morgan fingerprint density at radius 3 is 2.77 bits per heavy atom. The normalized spacial score (nSPS) is 13.2. The van der Waals surface area contributed by atoms with Crippen LogP contribution in [-0.4, -0.2) is 16.3 Å². The highest BCUT2D eigenvalue weighted by Gasteiger charge is 2.11. The molecule has 0 spiro atoms. The largest absolute Gasteiger partial charge is 0.309 e. The number of aromatic nitrogens is 2. The summed E-state index contributed by atoms with van der Waals surface area (Å²) >= 11 is 0. The first-order chi connectivity index (χ1) is 6.33. The minimum absolute atomic E-state index is 0.451. The van der Waals surface area contributed by atoms with Gasteiger partial charge in [-0.25, -0.2) is 0 Å². The van der Waals surface area contributed by atoms with Crippen molar-refractivity contribution in [1.29, 1.82) is 0 Å². The Morgan fingerprint density at radius 1 is 1.46 bits per heavy atom. The number of nitrogens with one attached hydrogen (secondary N) is 1. The highest BCUT2D eigenvalue weighted by Crippen LogP contribution is 2.15. The molecule has 1 aromatic heterocycles. The van der Waals surface area contributed by atoms with Crippen molar-refractivity contribution in [1.82, 2.24) is 15.1 Å². The summed E-state index contributed by atoms with van der Waals surface area (Å²) in [5, 5.41) is 7.71. The Bertz CT molecular complexity index is 242. The van der Waals surface area contributed by atoms with E-state index in [9.17, 15) is 0 Å². The van der Waals surface area contributed by atoms with Crippen LogP contribution in [-0.2, 0) is 6.54 Å². The molecule has 1 unspecified atom stereocenters. The first-order valence-corrected chi connectivity index (χ1v) is 5.08. The van der Waals surface area contributed by atoms with Gasteiger partial charge in [-0.15, -0.1) is 0 Å². The van der Waals surface area contributed by atoms with E-state index < -0.39 is 0 Å². The standard InChI is InChI=1S/C10H19N3/c1-4-9(11-5-2)10-7-8-12-13(10)6-3/h7-9,11H,4-6H2,1-3H3. The molecular formula is C10H19N3. The molecule has 0 radical (unpaired) electrons. The van der Waals surface area contributed by atoms with Crippen LogP contribution in [0.3, 0.4) is 0 Å². The second kappa shape index (κ2) is 5.02. The number of aryl methyl sites for hydroxylation is 1. The second-order valence-electron chi connectivity index (χ2n) is 3.09. The molecule has 1 rings (SSSR count). The van der Waals surface area contributed by atoms with E-state index >= 15 is 0 Å². The van der Waals surface area contributed by atoms with Crippen molar-refractivity contribution in [3.8, 4) is 0 Å². The quantitative estimate of drug-likeness (QED) is 0.752. The van der Waals surface area contributed by atoms with Crippen molar-refractivity contribution >= 4 is 0 Å². The molecule has 0 aromatic carbocycles. The summed E-state index contributed by atoms with van der Waals surface area (Å²) in [4.78, 5) is 0. The van der Waals surface area contributed by atoms with Crippen LogP contribution >= 0.6 is 0 Å². The van der Waals surface area contributed by atoms with E-state index in [0.29, 0.717) is 6.04 Å². The maximum atomic E-state index is 4.26. The maximum Gasteiger partial charge on any atom is 0.0553 e.